The first-order valence-corrected chi connectivity index (χ1v) is 10.3. The van der Waals surface area contributed by atoms with Gasteiger partial charge in [0.05, 0.1) is 0 Å². The average Bonchev–Trinajstić information content (AvgIpc) is 3.11. The van der Waals surface area contributed by atoms with Gasteiger partial charge in [0.25, 0.3) is 0 Å². The Balaban J connectivity index is 1.58. The molecule has 4 rings (SSSR count). The Morgan fingerprint density at radius 1 is 0.889 bits per heavy atom. The predicted octanol–water partition coefficient (Wildman–Crippen LogP) is 6.15. The standard InChI is InChI=1S/C23H23NO2S/c24-22-21(23(25)26-19-9-5-2-6-10-19)20(15-27-22)18-13-11-17(12-14-18)16-7-3-1-4-8-16/h1,3-4,7-8,11-15,19H,2,5-6,9-10,24H2. The molecule has 1 aliphatic rings. The molecular weight excluding hydrogens is 354 g/mol. The molecule has 138 valence electrons. The number of carbonyl (C=O) groups excluding carboxylic acids is 1. The number of benzene rings is 2. The summed E-state index contributed by atoms with van der Waals surface area (Å²) in [4.78, 5) is 12.8. The summed E-state index contributed by atoms with van der Waals surface area (Å²) in [6.07, 6.45) is 5.43. The zero-order valence-electron chi connectivity index (χ0n) is 15.2. The highest BCUT2D eigenvalue weighted by molar-refractivity contribution is 7.14. The van der Waals surface area contributed by atoms with Gasteiger partial charge in [-0.15, -0.1) is 11.3 Å². The summed E-state index contributed by atoms with van der Waals surface area (Å²) in [5.74, 6) is -0.289. The van der Waals surface area contributed by atoms with Crippen LogP contribution in [0.4, 0.5) is 5.00 Å². The van der Waals surface area contributed by atoms with Crippen molar-refractivity contribution < 1.29 is 9.53 Å². The summed E-state index contributed by atoms with van der Waals surface area (Å²) in [7, 11) is 0. The van der Waals surface area contributed by atoms with E-state index in [1.165, 1.54) is 23.3 Å². The van der Waals surface area contributed by atoms with E-state index in [1.54, 1.807) is 0 Å². The van der Waals surface area contributed by atoms with Crippen molar-refractivity contribution in [3.8, 4) is 22.3 Å². The fraction of sp³-hybridized carbons (Fsp3) is 0.261. The molecule has 2 aromatic carbocycles. The van der Waals surface area contributed by atoms with Gasteiger partial charge in [-0.3, -0.25) is 0 Å². The summed E-state index contributed by atoms with van der Waals surface area (Å²) in [5, 5.41) is 2.47. The number of anilines is 1. The summed E-state index contributed by atoms with van der Waals surface area (Å²) in [5.41, 5.74) is 10.8. The molecule has 3 aromatic rings. The van der Waals surface area contributed by atoms with Crippen LogP contribution in [0, 0.1) is 0 Å². The Morgan fingerprint density at radius 2 is 1.52 bits per heavy atom. The molecule has 4 heteroatoms. The third-order valence-electron chi connectivity index (χ3n) is 5.15. The highest BCUT2D eigenvalue weighted by Crippen LogP contribution is 2.36. The van der Waals surface area contributed by atoms with Crippen LogP contribution in [-0.2, 0) is 4.74 Å². The zero-order chi connectivity index (χ0) is 18.6. The van der Waals surface area contributed by atoms with Gasteiger partial charge in [0.1, 0.15) is 16.7 Å². The van der Waals surface area contributed by atoms with Crippen molar-refractivity contribution in [3.05, 3.63) is 65.5 Å². The Bertz CT molecular complexity index is 909. The predicted molar refractivity (Wildman–Crippen MR) is 112 cm³/mol. The monoisotopic (exact) mass is 377 g/mol. The lowest BCUT2D eigenvalue weighted by molar-refractivity contribution is 0.0214. The largest absolute Gasteiger partial charge is 0.459 e. The van der Waals surface area contributed by atoms with E-state index in [4.69, 9.17) is 10.5 Å². The van der Waals surface area contributed by atoms with Crippen LogP contribution >= 0.6 is 11.3 Å². The minimum atomic E-state index is -0.289. The van der Waals surface area contributed by atoms with E-state index in [-0.39, 0.29) is 12.1 Å². The molecule has 0 saturated heterocycles. The van der Waals surface area contributed by atoms with Gasteiger partial charge >= 0.3 is 5.97 Å². The molecule has 0 atom stereocenters. The number of nitrogen functional groups attached to an aromatic ring is 1. The van der Waals surface area contributed by atoms with Crippen molar-refractivity contribution in [2.45, 2.75) is 38.2 Å². The van der Waals surface area contributed by atoms with Crippen LogP contribution in [0.2, 0.25) is 0 Å². The lowest BCUT2D eigenvalue weighted by atomic mass is 9.97. The summed E-state index contributed by atoms with van der Waals surface area (Å²) < 4.78 is 5.76. The first-order chi connectivity index (χ1) is 13.2. The lowest BCUT2D eigenvalue weighted by Crippen LogP contribution is -2.21. The van der Waals surface area contributed by atoms with Crippen molar-refractivity contribution in [1.82, 2.24) is 0 Å². The van der Waals surface area contributed by atoms with Gasteiger partial charge in [-0.1, -0.05) is 61.0 Å². The van der Waals surface area contributed by atoms with Gasteiger partial charge in [0.15, 0.2) is 0 Å². The van der Waals surface area contributed by atoms with E-state index >= 15 is 0 Å². The normalized spacial score (nSPS) is 14.8. The topological polar surface area (TPSA) is 52.3 Å². The second-order valence-electron chi connectivity index (χ2n) is 7.00. The minimum Gasteiger partial charge on any atom is -0.459 e. The Hall–Kier alpha value is -2.59. The van der Waals surface area contributed by atoms with Gasteiger partial charge < -0.3 is 10.5 Å². The fourth-order valence-corrected chi connectivity index (χ4v) is 4.47. The van der Waals surface area contributed by atoms with E-state index in [2.05, 4.69) is 24.3 Å². The van der Waals surface area contributed by atoms with Crippen molar-refractivity contribution >= 4 is 22.3 Å². The van der Waals surface area contributed by atoms with E-state index < -0.39 is 0 Å². The van der Waals surface area contributed by atoms with E-state index in [0.29, 0.717) is 10.6 Å². The molecule has 0 unspecified atom stereocenters. The molecule has 0 radical (unpaired) electrons. The van der Waals surface area contributed by atoms with Crippen LogP contribution < -0.4 is 5.73 Å². The average molecular weight is 378 g/mol. The number of hydrogen-bond acceptors (Lipinski definition) is 4. The number of ether oxygens (including phenoxy) is 1. The van der Waals surface area contributed by atoms with E-state index in [9.17, 15) is 4.79 Å². The number of nitrogens with two attached hydrogens (primary N) is 1. The molecule has 2 N–H and O–H groups in total. The third-order valence-corrected chi connectivity index (χ3v) is 5.96. The number of rotatable bonds is 4. The van der Waals surface area contributed by atoms with Crippen molar-refractivity contribution in [2.24, 2.45) is 0 Å². The van der Waals surface area contributed by atoms with Crippen LogP contribution in [0.25, 0.3) is 22.3 Å². The van der Waals surface area contributed by atoms with Crippen LogP contribution in [-0.4, -0.2) is 12.1 Å². The molecule has 3 nitrogen and oxygen atoms in total. The Labute approximate surface area is 163 Å². The quantitative estimate of drug-likeness (QED) is 0.554. The Morgan fingerprint density at radius 3 is 2.22 bits per heavy atom. The van der Waals surface area contributed by atoms with E-state index in [1.807, 2.05) is 35.7 Å². The molecule has 0 bridgehead atoms. The molecule has 0 spiro atoms. The molecule has 1 aromatic heterocycles. The maximum Gasteiger partial charge on any atom is 0.342 e. The summed E-state index contributed by atoms with van der Waals surface area (Å²) >= 11 is 1.39. The second-order valence-corrected chi connectivity index (χ2v) is 7.91. The Kier molecular flexibility index (Phi) is 5.26. The first-order valence-electron chi connectivity index (χ1n) is 9.46. The van der Waals surface area contributed by atoms with Gasteiger partial charge in [-0.2, -0.15) is 0 Å². The molecule has 1 heterocycles. The molecule has 0 amide bonds. The van der Waals surface area contributed by atoms with Crippen LogP contribution in [0.3, 0.4) is 0 Å². The third kappa shape index (κ3) is 3.91. The highest BCUT2D eigenvalue weighted by atomic mass is 32.1. The summed E-state index contributed by atoms with van der Waals surface area (Å²) in [6.45, 7) is 0. The molecule has 1 saturated carbocycles. The maximum atomic E-state index is 12.8. The van der Waals surface area contributed by atoms with Crippen LogP contribution in [0.15, 0.2) is 60.0 Å². The van der Waals surface area contributed by atoms with Gasteiger partial charge in [0, 0.05) is 10.9 Å². The van der Waals surface area contributed by atoms with Crippen molar-refractivity contribution in [3.63, 3.8) is 0 Å². The van der Waals surface area contributed by atoms with Crippen LogP contribution in [0.1, 0.15) is 42.5 Å². The second kappa shape index (κ2) is 7.97. The number of thiophene rings is 1. The number of hydrogen-bond donors (Lipinski definition) is 1. The first kappa shape index (κ1) is 17.8. The van der Waals surface area contributed by atoms with Gasteiger partial charge in [0.2, 0.25) is 0 Å². The molecule has 1 fully saturated rings. The minimum absolute atomic E-state index is 0.0267. The lowest BCUT2D eigenvalue weighted by Gasteiger charge is -2.22. The molecule has 1 aliphatic carbocycles. The number of esters is 1. The van der Waals surface area contributed by atoms with Crippen LogP contribution in [0.5, 0.6) is 0 Å². The van der Waals surface area contributed by atoms with Crippen molar-refractivity contribution in [1.29, 1.82) is 0 Å². The highest BCUT2D eigenvalue weighted by Gasteiger charge is 2.24. The molecule has 27 heavy (non-hydrogen) atoms. The summed E-state index contributed by atoms with van der Waals surface area (Å²) in [6, 6.07) is 18.5. The smallest absolute Gasteiger partial charge is 0.342 e. The van der Waals surface area contributed by atoms with Gasteiger partial charge in [-0.25, -0.2) is 4.79 Å². The molecular formula is C23H23NO2S. The fourth-order valence-electron chi connectivity index (χ4n) is 3.66. The maximum absolute atomic E-state index is 12.8. The van der Waals surface area contributed by atoms with Gasteiger partial charge in [-0.05, 0) is 42.4 Å². The molecule has 0 aliphatic heterocycles. The van der Waals surface area contributed by atoms with Crippen molar-refractivity contribution in [2.75, 3.05) is 5.73 Å². The zero-order valence-corrected chi connectivity index (χ0v) is 16.0. The number of carbonyl (C=O) groups is 1. The SMILES string of the molecule is Nc1scc(-c2ccc(-c3ccccc3)cc2)c1C(=O)OC1CCCCC1. The van der Waals surface area contributed by atoms with E-state index in [0.717, 1.165) is 42.4 Å².